The first-order chi connectivity index (χ1) is 17.0. The molecule has 202 valence electrons. The third-order valence-corrected chi connectivity index (χ3v) is 6.29. The second-order valence-corrected chi connectivity index (χ2v) is 9.58. The minimum Gasteiger partial charge on any atom is -0.480 e. The molecule has 36 heavy (non-hydrogen) atoms. The largest absolute Gasteiger partial charge is 0.480 e. The Hall–Kier alpha value is -2.98. The van der Waals surface area contributed by atoms with Crippen LogP contribution in [0.1, 0.15) is 58.9 Å². The van der Waals surface area contributed by atoms with Gasteiger partial charge in [-0.3, -0.25) is 14.4 Å². The molecule has 5 atom stereocenters. The number of hydrogen-bond acceptors (Lipinski definition) is 6. The smallest absolute Gasteiger partial charge is 0.326 e. The Morgan fingerprint density at radius 2 is 1.50 bits per heavy atom. The van der Waals surface area contributed by atoms with Crippen LogP contribution in [-0.4, -0.2) is 59.5 Å². The quantitative estimate of drug-likeness (QED) is 0.181. The third kappa shape index (κ3) is 10.3. The van der Waals surface area contributed by atoms with Crippen LogP contribution in [0.4, 0.5) is 0 Å². The third-order valence-electron chi connectivity index (χ3n) is 6.29. The molecule has 0 heterocycles. The van der Waals surface area contributed by atoms with Crippen LogP contribution < -0.4 is 27.4 Å². The monoisotopic (exact) mass is 505 g/mol. The number of aliphatic carboxylic acids is 1. The fourth-order valence-electron chi connectivity index (χ4n) is 3.60. The van der Waals surface area contributed by atoms with Crippen LogP contribution in [0, 0.1) is 11.8 Å². The van der Waals surface area contributed by atoms with E-state index in [4.69, 9.17) is 11.5 Å². The van der Waals surface area contributed by atoms with Gasteiger partial charge in [0.1, 0.15) is 18.1 Å². The van der Waals surface area contributed by atoms with E-state index < -0.39 is 47.9 Å². The van der Waals surface area contributed by atoms with Crippen molar-refractivity contribution in [2.75, 3.05) is 6.54 Å². The van der Waals surface area contributed by atoms with Gasteiger partial charge in [-0.2, -0.15) is 0 Å². The normalized spacial score (nSPS) is 15.3. The average Bonchev–Trinajstić information content (AvgIpc) is 2.85. The van der Waals surface area contributed by atoms with Crippen LogP contribution in [0.15, 0.2) is 30.3 Å². The molecule has 0 aliphatic carbocycles. The van der Waals surface area contributed by atoms with Gasteiger partial charge < -0.3 is 32.5 Å². The van der Waals surface area contributed by atoms with E-state index in [9.17, 15) is 24.3 Å². The van der Waals surface area contributed by atoms with Gasteiger partial charge in [-0.1, -0.05) is 64.4 Å². The summed E-state index contributed by atoms with van der Waals surface area (Å²) in [6.45, 7) is 7.74. The highest BCUT2D eigenvalue weighted by atomic mass is 16.4. The molecular weight excluding hydrogens is 462 g/mol. The van der Waals surface area contributed by atoms with Crippen LogP contribution in [0.3, 0.4) is 0 Å². The number of nitrogens with two attached hydrogens (primary N) is 2. The first kappa shape index (κ1) is 31.1. The fraction of sp³-hybridized carbons (Fsp3) is 0.615. The SMILES string of the molecule is CCC(C)C(NC(=O)C(CCCCN)NC(=O)C(N)C(C)C)C(=O)NC(Cc1ccccc1)C(=O)O. The molecule has 0 fully saturated rings. The van der Waals surface area contributed by atoms with E-state index in [0.717, 1.165) is 5.56 Å². The highest BCUT2D eigenvalue weighted by molar-refractivity contribution is 5.94. The molecule has 5 unspecified atom stereocenters. The van der Waals surface area contributed by atoms with E-state index in [1.54, 1.807) is 31.2 Å². The highest BCUT2D eigenvalue weighted by Gasteiger charge is 2.33. The maximum Gasteiger partial charge on any atom is 0.326 e. The zero-order valence-corrected chi connectivity index (χ0v) is 21.8. The van der Waals surface area contributed by atoms with E-state index in [2.05, 4.69) is 16.0 Å². The van der Waals surface area contributed by atoms with Crippen LogP contribution >= 0.6 is 0 Å². The summed E-state index contributed by atoms with van der Waals surface area (Å²) < 4.78 is 0. The van der Waals surface area contributed by atoms with Gasteiger partial charge in [-0.05, 0) is 43.2 Å². The number of carboxylic acids is 1. The van der Waals surface area contributed by atoms with E-state index in [0.29, 0.717) is 32.2 Å². The topological polar surface area (TPSA) is 177 Å². The molecule has 1 aromatic carbocycles. The van der Waals surface area contributed by atoms with Crippen molar-refractivity contribution < 1.29 is 24.3 Å². The molecule has 0 spiro atoms. The Kier molecular flexibility index (Phi) is 13.7. The molecule has 0 saturated carbocycles. The van der Waals surface area contributed by atoms with E-state index in [1.807, 2.05) is 26.8 Å². The molecular formula is C26H43N5O5. The summed E-state index contributed by atoms with van der Waals surface area (Å²) in [6.07, 6.45) is 2.28. The van der Waals surface area contributed by atoms with Gasteiger partial charge in [0, 0.05) is 6.42 Å². The summed E-state index contributed by atoms with van der Waals surface area (Å²) in [6, 6.07) is 5.17. The lowest BCUT2D eigenvalue weighted by molar-refractivity contribution is -0.142. The second kappa shape index (κ2) is 15.9. The summed E-state index contributed by atoms with van der Waals surface area (Å²) in [5, 5.41) is 17.7. The number of rotatable bonds is 16. The van der Waals surface area contributed by atoms with Crippen molar-refractivity contribution in [3.05, 3.63) is 35.9 Å². The van der Waals surface area contributed by atoms with Gasteiger partial charge in [0.05, 0.1) is 6.04 Å². The minimum absolute atomic E-state index is 0.105. The van der Waals surface area contributed by atoms with Crippen molar-refractivity contribution >= 4 is 23.7 Å². The van der Waals surface area contributed by atoms with Gasteiger partial charge in [-0.25, -0.2) is 4.79 Å². The van der Waals surface area contributed by atoms with Crippen molar-refractivity contribution in [1.82, 2.24) is 16.0 Å². The Morgan fingerprint density at radius 1 is 0.889 bits per heavy atom. The summed E-state index contributed by atoms with van der Waals surface area (Å²) >= 11 is 0. The first-order valence-electron chi connectivity index (χ1n) is 12.6. The molecule has 1 aromatic rings. The molecule has 10 nitrogen and oxygen atoms in total. The summed E-state index contributed by atoms with van der Waals surface area (Å²) in [7, 11) is 0. The maximum absolute atomic E-state index is 13.2. The Morgan fingerprint density at radius 3 is 2.03 bits per heavy atom. The Balaban J connectivity index is 3.02. The number of nitrogens with one attached hydrogen (secondary N) is 3. The number of benzene rings is 1. The van der Waals surface area contributed by atoms with Gasteiger partial charge in [0.15, 0.2) is 0 Å². The average molecular weight is 506 g/mol. The first-order valence-corrected chi connectivity index (χ1v) is 12.6. The molecule has 3 amide bonds. The number of carbonyl (C=O) groups is 4. The Bertz CT molecular complexity index is 848. The number of hydrogen-bond donors (Lipinski definition) is 6. The molecule has 0 aliphatic rings. The van der Waals surface area contributed by atoms with E-state index in [-0.39, 0.29) is 18.3 Å². The van der Waals surface area contributed by atoms with Crippen molar-refractivity contribution in [3.8, 4) is 0 Å². The minimum atomic E-state index is -1.17. The summed E-state index contributed by atoms with van der Waals surface area (Å²) in [5.74, 6) is -3.13. The Labute approximate surface area is 213 Å². The van der Waals surface area contributed by atoms with Crippen LogP contribution in [0.25, 0.3) is 0 Å². The van der Waals surface area contributed by atoms with Crippen LogP contribution in [0.2, 0.25) is 0 Å². The molecule has 0 aliphatic heterocycles. The molecule has 10 heteroatoms. The highest BCUT2D eigenvalue weighted by Crippen LogP contribution is 2.12. The zero-order valence-electron chi connectivity index (χ0n) is 21.8. The fourth-order valence-corrected chi connectivity index (χ4v) is 3.60. The van der Waals surface area contributed by atoms with Crippen molar-refractivity contribution in [1.29, 1.82) is 0 Å². The standard InChI is InChI=1S/C26H43N5O5/c1-5-17(4)22(25(34)30-20(26(35)36)15-18-11-7-6-8-12-18)31-23(32)19(13-9-10-14-27)29-24(33)21(28)16(2)3/h6-8,11-12,16-17,19-22H,5,9-10,13-15,27-28H2,1-4H3,(H,29,33)(H,30,34)(H,31,32)(H,35,36). The number of carbonyl (C=O) groups excluding carboxylic acids is 3. The predicted octanol–water partition coefficient (Wildman–Crippen LogP) is 0.927. The number of carboxylic acid groups (broad SMARTS) is 1. The molecule has 8 N–H and O–H groups in total. The van der Waals surface area contributed by atoms with Gasteiger partial charge >= 0.3 is 5.97 Å². The molecule has 0 aromatic heterocycles. The predicted molar refractivity (Wildman–Crippen MR) is 139 cm³/mol. The number of unbranched alkanes of at least 4 members (excludes halogenated alkanes) is 1. The second-order valence-electron chi connectivity index (χ2n) is 9.58. The molecule has 0 saturated heterocycles. The van der Waals surface area contributed by atoms with Crippen LogP contribution in [-0.2, 0) is 25.6 Å². The molecule has 0 radical (unpaired) electrons. The summed E-state index contributed by atoms with van der Waals surface area (Å²) in [4.78, 5) is 50.8. The lowest BCUT2D eigenvalue weighted by Crippen LogP contribution is -2.59. The maximum atomic E-state index is 13.2. The van der Waals surface area contributed by atoms with Crippen LogP contribution in [0.5, 0.6) is 0 Å². The lowest BCUT2D eigenvalue weighted by atomic mass is 9.96. The van der Waals surface area contributed by atoms with E-state index >= 15 is 0 Å². The van der Waals surface area contributed by atoms with Gasteiger partial charge in [0.25, 0.3) is 0 Å². The summed E-state index contributed by atoms with van der Waals surface area (Å²) in [5.41, 5.74) is 12.3. The van der Waals surface area contributed by atoms with Crippen molar-refractivity contribution in [2.24, 2.45) is 23.3 Å². The zero-order chi connectivity index (χ0) is 27.3. The van der Waals surface area contributed by atoms with Gasteiger partial charge in [-0.15, -0.1) is 0 Å². The number of amides is 3. The molecule has 1 rings (SSSR count). The molecule has 0 bridgehead atoms. The van der Waals surface area contributed by atoms with Crippen molar-refractivity contribution in [3.63, 3.8) is 0 Å². The van der Waals surface area contributed by atoms with E-state index in [1.165, 1.54) is 0 Å². The van der Waals surface area contributed by atoms with Crippen molar-refractivity contribution in [2.45, 2.75) is 84.0 Å². The van der Waals surface area contributed by atoms with Gasteiger partial charge in [0.2, 0.25) is 17.7 Å². The lowest BCUT2D eigenvalue weighted by Gasteiger charge is -2.28.